The van der Waals surface area contributed by atoms with Crippen LogP contribution in [0.5, 0.6) is 5.75 Å². The average molecular weight is 314 g/mol. The zero-order valence-electron chi connectivity index (χ0n) is 13.2. The van der Waals surface area contributed by atoms with Crippen molar-refractivity contribution in [3.63, 3.8) is 0 Å². The lowest BCUT2D eigenvalue weighted by Crippen LogP contribution is -2.32. The predicted octanol–water partition coefficient (Wildman–Crippen LogP) is 2.40. The van der Waals surface area contributed by atoms with Gasteiger partial charge in [-0.3, -0.25) is 9.89 Å². The number of rotatable bonds is 6. The Bertz CT molecular complexity index is 659. The van der Waals surface area contributed by atoms with Crippen LogP contribution in [0.4, 0.5) is 5.82 Å². The SMILES string of the molecule is COc1ccc(-c2cc(NC(=O)CC3CC(CN)C3)n[nH]2)cc1. The molecule has 0 aliphatic heterocycles. The Labute approximate surface area is 135 Å². The van der Waals surface area contributed by atoms with Crippen LogP contribution >= 0.6 is 0 Å². The quantitative estimate of drug-likeness (QED) is 0.763. The van der Waals surface area contributed by atoms with Gasteiger partial charge in [-0.1, -0.05) is 0 Å². The summed E-state index contributed by atoms with van der Waals surface area (Å²) < 4.78 is 5.14. The lowest BCUT2D eigenvalue weighted by atomic mass is 9.73. The first kappa shape index (κ1) is 15.6. The predicted molar refractivity (Wildman–Crippen MR) is 89.1 cm³/mol. The fraction of sp³-hybridized carbons (Fsp3) is 0.412. The van der Waals surface area contributed by atoms with Crippen molar-refractivity contribution >= 4 is 11.7 Å². The van der Waals surface area contributed by atoms with E-state index in [1.54, 1.807) is 7.11 Å². The number of amides is 1. The molecule has 3 rings (SSSR count). The molecule has 4 N–H and O–H groups in total. The van der Waals surface area contributed by atoms with Gasteiger partial charge < -0.3 is 15.8 Å². The number of methoxy groups -OCH3 is 1. The van der Waals surface area contributed by atoms with Gasteiger partial charge in [0.1, 0.15) is 5.75 Å². The molecular formula is C17H22N4O2. The lowest BCUT2D eigenvalue weighted by Gasteiger charge is -2.33. The maximum atomic E-state index is 12.0. The number of carbonyl (C=O) groups excluding carboxylic acids is 1. The van der Waals surface area contributed by atoms with Gasteiger partial charge in [0.05, 0.1) is 12.8 Å². The summed E-state index contributed by atoms with van der Waals surface area (Å²) in [5, 5.41) is 9.94. The van der Waals surface area contributed by atoms with E-state index in [1.807, 2.05) is 30.3 Å². The third-order valence-corrected chi connectivity index (χ3v) is 4.39. The van der Waals surface area contributed by atoms with E-state index in [-0.39, 0.29) is 5.91 Å². The highest BCUT2D eigenvalue weighted by Crippen LogP contribution is 2.35. The van der Waals surface area contributed by atoms with Gasteiger partial charge >= 0.3 is 0 Å². The van der Waals surface area contributed by atoms with Crippen molar-refractivity contribution in [1.82, 2.24) is 10.2 Å². The van der Waals surface area contributed by atoms with Crippen LogP contribution in [0.1, 0.15) is 19.3 Å². The van der Waals surface area contributed by atoms with E-state index in [9.17, 15) is 4.79 Å². The fourth-order valence-electron chi connectivity index (χ4n) is 2.99. The molecule has 23 heavy (non-hydrogen) atoms. The van der Waals surface area contributed by atoms with Gasteiger partial charge in [-0.15, -0.1) is 0 Å². The van der Waals surface area contributed by atoms with Gasteiger partial charge in [-0.2, -0.15) is 5.10 Å². The maximum absolute atomic E-state index is 12.0. The van der Waals surface area contributed by atoms with Crippen molar-refractivity contribution in [3.05, 3.63) is 30.3 Å². The molecule has 1 amide bonds. The third kappa shape index (κ3) is 3.71. The Morgan fingerprint density at radius 1 is 1.35 bits per heavy atom. The Kier molecular flexibility index (Phi) is 4.62. The molecule has 0 bridgehead atoms. The molecule has 1 aromatic carbocycles. The number of hydrogen-bond acceptors (Lipinski definition) is 4. The number of ether oxygens (including phenoxy) is 1. The first-order valence-corrected chi connectivity index (χ1v) is 7.87. The van der Waals surface area contributed by atoms with E-state index in [0.29, 0.717) is 24.1 Å². The van der Waals surface area contributed by atoms with Crippen LogP contribution in [0, 0.1) is 11.8 Å². The number of benzene rings is 1. The molecule has 0 radical (unpaired) electrons. The highest BCUT2D eigenvalue weighted by Gasteiger charge is 2.29. The molecule has 6 nitrogen and oxygen atoms in total. The van der Waals surface area contributed by atoms with Gasteiger partial charge in [-0.05, 0) is 61.1 Å². The standard InChI is InChI=1S/C17H22N4O2/c1-23-14-4-2-13(3-5-14)15-9-16(21-20-15)19-17(22)8-11-6-12(7-11)10-18/h2-5,9,11-12H,6-8,10,18H2,1H3,(H2,19,20,21,22). The summed E-state index contributed by atoms with van der Waals surface area (Å²) in [6.45, 7) is 0.725. The number of aromatic amines is 1. The minimum Gasteiger partial charge on any atom is -0.497 e. The van der Waals surface area contributed by atoms with Gasteiger partial charge in [0, 0.05) is 12.5 Å². The van der Waals surface area contributed by atoms with Gasteiger partial charge in [0.15, 0.2) is 5.82 Å². The smallest absolute Gasteiger partial charge is 0.225 e. The zero-order valence-corrected chi connectivity index (χ0v) is 13.2. The van der Waals surface area contributed by atoms with E-state index >= 15 is 0 Å². The minimum absolute atomic E-state index is 0.0123. The van der Waals surface area contributed by atoms with E-state index in [0.717, 1.165) is 36.4 Å². The second-order valence-corrected chi connectivity index (χ2v) is 6.09. The second-order valence-electron chi connectivity index (χ2n) is 6.09. The summed E-state index contributed by atoms with van der Waals surface area (Å²) in [5.41, 5.74) is 7.45. The number of aromatic nitrogens is 2. The van der Waals surface area contributed by atoms with Crippen LogP contribution in [0.25, 0.3) is 11.3 Å². The normalized spacial score (nSPS) is 19.9. The Balaban J connectivity index is 1.55. The van der Waals surface area contributed by atoms with Crippen molar-refractivity contribution in [1.29, 1.82) is 0 Å². The molecule has 1 aliphatic rings. The Morgan fingerprint density at radius 3 is 2.74 bits per heavy atom. The summed E-state index contributed by atoms with van der Waals surface area (Å²) in [7, 11) is 1.64. The van der Waals surface area contributed by atoms with E-state index < -0.39 is 0 Å². The van der Waals surface area contributed by atoms with E-state index in [4.69, 9.17) is 10.5 Å². The molecule has 122 valence electrons. The number of carbonyl (C=O) groups is 1. The highest BCUT2D eigenvalue weighted by atomic mass is 16.5. The second kappa shape index (κ2) is 6.83. The molecule has 1 heterocycles. The minimum atomic E-state index is 0.0123. The van der Waals surface area contributed by atoms with Crippen molar-refractivity contribution in [3.8, 4) is 17.0 Å². The molecule has 0 unspecified atom stereocenters. The number of nitrogens with two attached hydrogens (primary N) is 1. The molecule has 0 atom stereocenters. The topological polar surface area (TPSA) is 93.0 Å². The zero-order chi connectivity index (χ0) is 16.2. The average Bonchev–Trinajstić information content (AvgIpc) is 2.99. The number of H-pyrrole nitrogens is 1. The molecule has 1 aliphatic carbocycles. The summed E-state index contributed by atoms with van der Waals surface area (Å²) in [6, 6.07) is 9.50. The Hall–Kier alpha value is -2.34. The van der Waals surface area contributed by atoms with Crippen LogP contribution in [0.3, 0.4) is 0 Å². The largest absolute Gasteiger partial charge is 0.497 e. The molecule has 2 aromatic rings. The van der Waals surface area contributed by atoms with Crippen molar-refractivity contribution in [2.75, 3.05) is 19.0 Å². The summed E-state index contributed by atoms with van der Waals surface area (Å²) in [6.07, 6.45) is 2.66. The molecule has 1 saturated carbocycles. The maximum Gasteiger partial charge on any atom is 0.225 e. The number of nitrogens with zero attached hydrogens (tertiary/aromatic N) is 1. The third-order valence-electron chi connectivity index (χ3n) is 4.39. The van der Waals surface area contributed by atoms with Crippen LogP contribution in [-0.4, -0.2) is 29.8 Å². The van der Waals surface area contributed by atoms with E-state index in [1.165, 1.54) is 0 Å². The van der Waals surface area contributed by atoms with Crippen LogP contribution in [0.15, 0.2) is 30.3 Å². The number of anilines is 1. The van der Waals surface area contributed by atoms with Crippen LogP contribution in [-0.2, 0) is 4.79 Å². The summed E-state index contributed by atoms with van der Waals surface area (Å²) in [4.78, 5) is 12.0. The van der Waals surface area contributed by atoms with E-state index in [2.05, 4.69) is 15.5 Å². The molecule has 0 spiro atoms. The summed E-state index contributed by atoms with van der Waals surface area (Å²) >= 11 is 0. The molecule has 6 heteroatoms. The fourth-order valence-corrected chi connectivity index (χ4v) is 2.99. The molecule has 0 saturated heterocycles. The first-order chi connectivity index (χ1) is 11.2. The first-order valence-electron chi connectivity index (χ1n) is 7.87. The molecule has 1 fully saturated rings. The van der Waals surface area contributed by atoms with Crippen LogP contribution in [0.2, 0.25) is 0 Å². The van der Waals surface area contributed by atoms with Crippen molar-refractivity contribution in [2.45, 2.75) is 19.3 Å². The highest BCUT2D eigenvalue weighted by molar-refractivity contribution is 5.90. The monoisotopic (exact) mass is 314 g/mol. The van der Waals surface area contributed by atoms with Gasteiger partial charge in [0.2, 0.25) is 5.91 Å². The molecular weight excluding hydrogens is 292 g/mol. The van der Waals surface area contributed by atoms with Gasteiger partial charge in [0.25, 0.3) is 0 Å². The molecule has 1 aromatic heterocycles. The lowest BCUT2D eigenvalue weighted by molar-refractivity contribution is -0.118. The number of nitrogens with one attached hydrogen (secondary N) is 2. The summed E-state index contributed by atoms with van der Waals surface area (Å²) in [5.74, 6) is 2.43. The van der Waals surface area contributed by atoms with Crippen molar-refractivity contribution < 1.29 is 9.53 Å². The van der Waals surface area contributed by atoms with Gasteiger partial charge in [-0.25, -0.2) is 0 Å². The Morgan fingerprint density at radius 2 is 2.09 bits per heavy atom. The number of hydrogen-bond donors (Lipinski definition) is 3. The van der Waals surface area contributed by atoms with Crippen LogP contribution < -0.4 is 15.8 Å². The van der Waals surface area contributed by atoms with Crippen molar-refractivity contribution in [2.24, 2.45) is 17.6 Å².